The van der Waals surface area contributed by atoms with E-state index in [1.54, 1.807) is 0 Å². The lowest BCUT2D eigenvalue weighted by Crippen LogP contribution is -2.13. The number of halogens is 1. The summed E-state index contributed by atoms with van der Waals surface area (Å²) < 4.78 is 1.08. The highest BCUT2D eigenvalue weighted by atomic mass is 79.9. The Hall–Kier alpha value is -1.72. The molecular weight excluding hydrogens is 316 g/mol. The standard InChI is InChI=1S/C15H15BrN4/c1-10-12(9-19-20-10)8-17-7-11-4-5-14(16)13-3-2-6-18-15(11)13/h2-6,9,17H,7-8H2,1H3,(H,19,20). The Labute approximate surface area is 125 Å². The number of nitrogens with zero attached hydrogens (tertiary/aromatic N) is 2. The highest BCUT2D eigenvalue weighted by Crippen LogP contribution is 2.25. The first-order valence-corrected chi connectivity index (χ1v) is 7.26. The number of hydrogen-bond acceptors (Lipinski definition) is 3. The van der Waals surface area contributed by atoms with Gasteiger partial charge in [0.15, 0.2) is 0 Å². The maximum Gasteiger partial charge on any atom is 0.0758 e. The molecule has 2 N–H and O–H groups in total. The van der Waals surface area contributed by atoms with Crippen LogP contribution in [0.5, 0.6) is 0 Å². The molecule has 3 rings (SSSR count). The molecule has 0 bridgehead atoms. The van der Waals surface area contributed by atoms with Crippen molar-refractivity contribution in [2.75, 3.05) is 0 Å². The first-order chi connectivity index (χ1) is 9.75. The Bertz CT molecular complexity index is 736. The molecule has 0 saturated heterocycles. The van der Waals surface area contributed by atoms with Gasteiger partial charge in [-0.3, -0.25) is 10.1 Å². The number of rotatable bonds is 4. The van der Waals surface area contributed by atoms with Crippen molar-refractivity contribution in [1.82, 2.24) is 20.5 Å². The maximum atomic E-state index is 4.49. The Morgan fingerprint density at radius 1 is 1.20 bits per heavy atom. The summed E-state index contributed by atoms with van der Waals surface area (Å²) in [6.07, 6.45) is 3.69. The zero-order chi connectivity index (χ0) is 13.9. The first-order valence-electron chi connectivity index (χ1n) is 6.47. The number of aromatic amines is 1. The lowest BCUT2D eigenvalue weighted by Gasteiger charge is -2.08. The minimum absolute atomic E-state index is 0.783. The third kappa shape index (κ3) is 2.59. The lowest BCUT2D eigenvalue weighted by atomic mass is 10.1. The van der Waals surface area contributed by atoms with Crippen LogP contribution in [0.2, 0.25) is 0 Å². The molecule has 1 aromatic carbocycles. The highest BCUT2D eigenvalue weighted by Gasteiger charge is 2.06. The fraction of sp³-hybridized carbons (Fsp3) is 0.200. The van der Waals surface area contributed by atoms with Crippen molar-refractivity contribution in [2.45, 2.75) is 20.0 Å². The summed E-state index contributed by atoms with van der Waals surface area (Å²) in [6.45, 7) is 3.61. The molecule has 2 aromatic heterocycles. The van der Waals surface area contributed by atoms with Crippen molar-refractivity contribution < 1.29 is 0 Å². The van der Waals surface area contributed by atoms with Crippen molar-refractivity contribution in [3.8, 4) is 0 Å². The van der Waals surface area contributed by atoms with E-state index in [1.807, 2.05) is 25.4 Å². The van der Waals surface area contributed by atoms with Gasteiger partial charge in [0.1, 0.15) is 0 Å². The van der Waals surface area contributed by atoms with Crippen LogP contribution in [-0.2, 0) is 13.1 Å². The van der Waals surface area contributed by atoms with Gasteiger partial charge in [-0.1, -0.05) is 28.1 Å². The Balaban J connectivity index is 1.78. The van der Waals surface area contributed by atoms with Crippen LogP contribution in [0.4, 0.5) is 0 Å². The van der Waals surface area contributed by atoms with E-state index in [4.69, 9.17) is 0 Å². The van der Waals surface area contributed by atoms with E-state index >= 15 is 0 Å². The van der Waals surface area contributed by atoms with Gasteiger partial charge in [-0.25, -0.2) is 0 Å². The minimum Gasteiger partial charge on any atom is -0.308 e. The number of aryl methyl sites for hydroxylation is 1. The normalized spacial score (nSPS) is 11.1. The van der Waals surface area contributed by atoms with Crippen molar-refractivity contribution >= 4 is 26.8 Å². The van der Waals surface area contributed by atoms with E-state index in [9.17, 15) is 0 Å². The molecule has 3 aromatic rings. The summed E-state index contributed by atoms with van der Waals surface area (Å²) in [5.74, 6) is 0. The van der Waals surface area contributed by atoms with E-state index in [2.05, 4.69) is 54.6 Å². The van der Waals surface area contributed by atoms with E-state index in [1.165, 1.54) is 11.1 Å². The average molecular weight is 331 g/mol. The molecule has 2 heterocycles. The molecule has 0 fully saturated rings. The van der Waals surface area contributed by atoms with Crippen LogP contribution in [0.3, 0.4) is 0 Å². The van der Waals surface area contributed by atoms with Gasteiger partial charge in [0.05, 0.1) is 11.7 Å². The summed E-state index contributed by atoms with van der Waals surface area (Å²) in [7, 11) is 0. The zero-order valence-corrected chi connectivity index (χ0v) is 12.7. The fourth-order valence-electron chi connectivity index (χ4n) is 2.22. The van der Waals surface area contributed by atoms with Gasteiger partial charge >= 0.3 is 0 Å². The Morgan fingerprint density at radius 2 is 2.05 bits per heavy atom. The van der Waals surface area contributed by atoms with Gasteiger partial charge in [0, 0.05) is 40.4 Å². The van der Waals surface area contributed by atoms with Crippen LogP contribution in [0, 0.1) is 6.92 Å². The second-order valence-corrected chi connectivity index (χ2v) is 5.58. The largest absolute Gasteiger partial charge is 0.308 e. The van der Waals surface area contributed by atoms with Crippen molar-refractivity contribution in [3.05, 3.63) is 58.0 Å². The zero-order valence-electron chi connectivity index (χ0n) is 11.2. The molecule has 0 aliphatic heterocycles. The summed E-state index contributed by atoms with van der Waals surface area (Å²) >= 11 is 3.57. The number of nitrogens with one attached hydrogen (secondary N) is 2. The smallest absolute Gasteiger partial charge is 0.0758 e. The van der Waals surface area contributed by atoms with Gasteiger partial charge in [0.2, 0.25) is 0 Å². The summed E-state index contributed by atoms with van der Waals surface area (Å²) in [5.41, 5.74) is 4.54. The highest BCUT2D eigenvalue weighted by molar-refractivity contribution is 9.10. The monoisotopic (exact) mass is 330 g/mol. The molecule has 20 heavy (non-hydrogen) atoms. The van der Waals surface area contributed by atoms with Gasteiger partial charge in [-0.05, 0) is 24.6 Å². The molecule has 0 saturated carbocycles. The number of benzene rings is 1. The lowest BCUT2D eigenvalue weighted by molar-refractivity contribution is 0.693. The molecular formula is C15H15BrN4. The van der Waals surface area contributed by atoms with Crippen LogP contribution in [0.15, 0.2) is 41.1 Å². The van der Waals surface area contributed by atoms with Crippen LogP contribution >= 0.6 is 15.9 Å². The SMILES string of the molecule is Cc1[nH]ncc1CNCc1ccc(Br)c2cccnc12. The molecule has 0 atom stereocenters. The first kappa shape index (κ1) is 13.3. The van der Waals surface area contributed by atoms with Gasteiger partial charge in [0.25, 0.3) is 0 Å². The van der Waals surface area contributed by atoms with Crippen LogP contribution in [-0.4, -0.2) is 15.2 Å². The molecule has 0 radical (unpaired) electrons. The molecule has 0 aliphatic rings. The van der Waals surface area contributed by atoms with E-state index < -0.39 is 0 Å². The minimum atomic E-state index is 0.783. The maximum absolute atomic E-state index is 4.49. The van der Waals surface area contributed by atoms with Crippen molar-refractivity contribution in [1.29, 1.82) is 0 Å². The molecule has 4 nitrogen and oxygen atoms in total. The number of fused-ring (bicyclic) bond motifs is 1. The number of aromatic nitrogens is 3. The summed E-state index contributed by atoms with van der Waals surface area (Å²) in [4.78, 5) is 4.49. The van der Waals surface area contributed by atoms with E-state index in [0.717, 1.165) is 34.2 Å². The third-order valence-electron chi connectivity index (χ3n) is 3.37. The van der Waals surface area contributed by atoms with E-state index in [-0.39, 0.29) is 0 Å². The fourth-order valence-corrected chi connectivity index (χ4v) is 2.68. The number of H-pyrrole nitrogens is 1. The molecule has 0 unspecified atom stereocenters. The Morgan fingerprint density at radius 3 is 2.85 bits per heavy atom. The molecule has 102 valence electrons. The molecule has 0 aliphatic carbocycles. The van der Waals surface area contributed by atoms with Crippen LogP contribution < -0.4 is 5.32 Å². The summed E-state index contributed by atoms with van der Waals surface area (Å²) in [5, 5.41) is 11.6. The van der Waals surface area contributed by atoms with Crippen molar-refractivity contribution in [2.24, 2.45) is 0 Å². The van der Waals surface area contributed by atoms with Gasteiger partial charge < -0.3 is 5.32 Å². The second kappa shape index (κ2) is 5.73. The predicted molar refractivity (Wildman–Crippen MR) is 83.3 cm³/mol. The number of pyridine rings is 1. The van der Waals surface area contributed by atoms with Gasteiger partial charge in [-0.15, -0.1) is 0 Å². The third-order valence-corrected chi connectivity index (χ3v) is 4.06. The molecule has 0 amide bonds. The van der Waals surface area contributed by atoms with Crippen molar-refractivity contribution in [3.63, 3.8) is 0 Å². The predicted octanol–water partition coefficient (Wildman–Crippen LogP) is 3.32. The van der Waals surface area contributed by atoms with Gasteiger partial charge in [-0.2, -0.15) is 5.10 Å². The summed E-state index contributed by atoms with van der Waals surface area (Å²) in [6, 6.07) is 8.22. The molecule has 5 heteroatoms. The molecule has 0 spiro atoms. The second-order valence-electron chi connectivity index (χ2n) is 4.73. The number of hydrogen-bond donors (Lipinski definition) is 2. The van der Waals surface area contributed by atoms with E-state index in [0.29, 0.717) is 0 Å². The Kier molecular flexibility index (Phi) is 3.80. The van der Waals surface area contributed by atoms with Crippen LogP contribution in [0.25, 0.3) is 10.9 Å². The topological polar surface area (TPSA) is 53.6 Å². The average Bonchev–Trinajstić information content (AvgIpc) is 2.87. The quantitative estimate of drug-likeness (QED) is 0.771. The van der Waals surface area contributed by atoms with Crippen LogP contribution in [0.1, 0.15) is 16.8 Å².